The molecular weight excluding hydrogens is 402 g/mol. The first-order valence-electron chi connectivity index (χ1n) is 12.7. The maximum Gasteiger partial charge on any atom is 0.409 e. The average molecular weight is 446 g/mol. The zero-order chi connectivity index (χ0) is 22.6. The summed E-state index contributed by atoms with van der Waals surface area (Å²) in [7, 11) is 0. The van der Waals surface area contributed by atoms with Crippen molar-refractivity contribution in [2.75, 3.05) is 65.6 Å². The number of carbonyl (C=O) groups excluding carboxylic acids is 1. The molecule has 2 aliphatic heterocycles. The third-order valence-electron chi connectivity index (χ3n) is 6.40. The molecule has 6 heteroatoms. The molecule has 6 nitrogen and oxygen atoms in total. The smallest absolute Gasteiger partial charge is 0.409 e. The van der Waals surface area contributed by atoms with E-state index in [2.05, 4.69) is 47.9 Å². The van der Waals surface area contributed by atoms with Gasteiger partial charge in [0.2, 0.25) is 0 Å². The fourth-order valence-electron chi connectivity index (χ4n) is 4.36. The lowest BCUT2D eigenvalue weighted by Crippen LogP contribution is -2.49. The van der Waals surface area contributed by atoms with Crippen LogP contribution >= 0.6 is 0 Å². The van der Waals surface area contributed by atoms with Crippen molar-refractivity contribution in [3.8, 4) is 5.75 Å². The van der Waals surface area contributed by atoms with E-state index in [-0.39, 0.29) is 6.09 Å². The SMILES string of the molecule is CC(C)COC(=O)N1CCN(CCc2ccc(OCCCN3CCCCCC3)cc2)CC1. The van der Waals surface area contributed by atoms with Crippen molar-refractivity contribution in [2.45, 2.75) is 52.4 Å². The van der Waals surface area contributed by atoms with Gasteiger partial charge in [-0.05, 0) is 62.4 Å². The third kappa shape index (κ3) is 8.99. The first-order valence-corrected chi connectivity index (χ1v) is 12.7. The second-order valence-corrected chi connectivity index (χ2v) is 9.65. The van der Waals surface area contributed by atoms with Gasteiger partial charge in [0.25, 0.3) is 0 Å². The van der Waals surface area contributed by atoms with Crippen LogP contribution in [0.3, 0.4) is 0 Å². The Bertz CT molecular complexity index is 649. The average Bonchev–Trinajstić information content (AvgIpc) is 3.09. The van der Waals surface area contributed by atoms with E-state index in [1.54, 1.807) is 0 Å². The minimum atomic E-state index is -0.166. The topological polar surface area (TPSA) is 45.3 Å². The van der Waals surface area contributed by atoms with Crippen LogP contribution in [0.2, 0.25) is 0 Å². The molecule has 0 N–H and O–H groups in total. The summed E-state index contributed by atoms with van der Waals surface area (Å²) in [5.74, 6) is 1.35. The van der Waals surface area contributed by atoms with E-state index in [4.69, 9.17) is 9.47 Å². The van der Waals surface area contributed by atoms with E-state index in [0.717, 1.165) is 64.5 Å². The van der Waals surface area contributed by atoms with Crippen LogP contribution in [0.15, 0.2) is 24.3 Å². The second kappa shape index (κ2) is 13.7. The number of benzene rings is 1. The van der Waals surface area contributed by atoms with Crippen molar-refractivity contribution in [1.82, 2.24) is 14.7 Å². The molecule has 2 fully saturated rings. The Morgan fingerprint density at radius 1 is 0.875 bits per heavy atom. The van der Waals surface area contributed by atoms with Crippen molar-refractivity contribution < 1.29 is 14.3 Å². The Kier molecular flexibility index (Phi) is 10.6. The fourth-order valence-corrected chi connectivity index (χ4v) is 4.36. The molecule has 2 aliphatic rings. The highest BCUT2D eigenvalue weighted by molar-refractivity contribution is 5.67. The van der Waals surface area contributed by atoms with Gasteiger partial charge in [-0.25, -0.2) is 4.79 Å². The summed E-state index contributed by atoms with van der Waals surface area (Å²) in [6.45, 7) is 13.4. The van der Waals surface area contributed by atoms with Crippen molar-refractivity contribution in [3.05, 3.63) is 29.8 Å². The molecule has 3 rings (SSSR count). The third-order valence-corrected chi connectivity index (χ3v) is 6.40. The number of ether oxygens (including phenoxy) is 2. The molecule has 1 amide bonds. The Balaban J connectivity index is 1.27. The number of hydrogen-bond donors (Lipinski definition) is 0. The van der Waals surface area contributed by atoms with Gasteiger partial charge in [-0.3, -0.25) is 4.90 Å². The van der Waals surface area contributed by atoms with Gasteiger partial charge >= 0.3 is 6.09 Å². The Morgan fingerprint density at radius 2 is 1.53 bits per heavy atom. The zero-order valence-corrected chi connectivity index (χ0v) is 20.3. The normalized spacial score (nSPS) is 18.5. The van der Waals surface area contributed by atoms with Crippen molar-refractivity contribution in [1.29, 1.82) is 0 Å². The summed E-state index contributed by atoms with van der Waals surface area (Å²) >= 11 is 0. The van der Waals surface area contributed by atoms with E-state index in [0.29, 0.717) is 12.5 Å². The minimum absolute atomic E-state index is 0.166. The molecule has 32 heavy (non-hydrogen) atoms. The first kappa shape index (κ1) is 24.8. The van der Waals surface area contributed by atoms with Crippen LogP contribution in [-0.2, 0) is 11.2 Å². The molecule has 2 saturated heterocycles. The summed E-state index contributed by atoms with van der Waals surface area (Å²) < 4.78 is 11.3. The number of carbonyl (C=O) groups is 1. The van der Waals surface area contributed by atoms with E-state index in [9.17, 15) is 4.79 Å². The van der Waals surface area contributed by atoms with Crippen molar-refractivity contribution in [2.24, 2.45) is 5.92 Å². The lowest BCUT2D eigenvalue weighted by Gasteiger charge is -2.34. The zero-order valence-electron chi connectivity index (χ0n) is 20.3. The number of amides is 1. The van der Waals surface area contributed by atoms with Gasteiger partial charge in [0.15, 0.2) is 0 Å². The molecule has 0 spiro atoms. The summed E-state index contributed by atoms with van der Waals surface area (Å²) in [6.07, 6.45) is 7.43. The molecule has 0 aliphatic carbocycles. The fraction of sp³-hybridized carbons (Fsp3) is 0.731. The minimum Gasteiger partial charge on any atom is -0.494 e. The van der Waals surface area contributed by atoms with Gasteiger partial charge in [0.05, 0.1) is 13.2 Å². The molecule has 0 aromatic heterocycles. The van der Waals surface area contributed by atoms with Gasteiger partial charge < -0.3 is 19.3 Å². The van der Waals surface area contributed by atoms with E-state index in [1.165, 1.54) is 44.3 Å². The highest BCUT2D eigenvalue weighted by Crippen LogP contribution is 2.15. The maximum atomic E-state index is 12.1. The molecule has 0 bridgehead atoms. The lowest BCUT2D eigenvalue weighted by atomic mass is 10.1. The van der Waals surface area contributed by atoms with Crippen molar-refractivity contribution >= 4 is 6.09 Å². The van der Waals surface area contributed by atoms with E-state index in [1.807, 2.05) is 4.90 Å². The highest BCUT2D eigenvalue weighted by Gasteiger charge is 2.22. The van der Waals surface area contributed by atoms with Crippen LogP contribution in [0, 0.1) is 5.92 Å². The molecule has 1 aromatic rings. The second-order valence-electron chi connectivity index (χ2n) is 9.65. The molecular formula is C26H43N3O3. The Morgan fingerprint density at radius 3 is 2.19 bits per heavy atom. The molecule has 2 heterocycles. The van der Waals surface area contributed by atoms with E-state index < -0.39 is 0 Å². The number of likely N-dealkylation sites (tertiary alicyclic amines) is 1. The number of rotatable bonds is 10. The molecule has 0 saturated carbocycles. The summed E-state index contributed by atoms with van der Waals surface area (Å²) in [5, 5.41) is 0. The summed E-state index contributed by atoms with van der Waals surface area (Å²) in [5.41, 5.74) is 1.33. The van der Waals surface area contributed by atoms with Crippen LogP contribution in [0.5, 0.6) is 5.75 Å². The standard InChI is InChI=1S/C26H43N3O3/c1-23(2)22-32-26(30)29-19-17-28(18-20-29)16-12-24-8-10-25(11-9-24)31-21-7-15-27-13-5-3-4-6-14-27/h8-11,23H,3-7,12-22H2,1-2H3. The molecule has 0 radical (unpaired) electrons. The summed E-state index contributed by atoms with van der Waals surface area (Å²) in [4.78, 5) is 18.9. The quantitative estimate of drug-likeness (QED) is 0.503. The monoisotopic (exact) mass is 445 g/mol. The number of nitrogens with zero attached hydrogens (tertiary/aromatic N) is 3. The maximum absolute atomic E-state index is 12.1. The number of hydrogen-bond acceptors (Lipinski definition) is 5. The van der Waals surface area contributed by atoms with Crippen LogP contribution in [0.25, 0.3) is 0 Å². The van der Waals surface area contributed by atoms with Crippen LogP contribution < -0.4 is 4.74 Å². The van der Waals surface area contributed by atoms with Crippen LogP contribution in [-0.4, -0.2) is 86.4 Å². The molecule has 0 unspecified atom stereocenters. The van der Waals surface area contributed by atoms with Crippen LogP contribution in [0.1, 0.15) is 51.5 Å². The van der Waals surface area contributed by atoms with E-state index >= 15 is 0 Å². The summed E-state index contributed by atoms with van der Waals surface area (Å²) in [6, 6.07) is 8.57. The largest absolute Gasteiger partial charge is 0.494 e. The number of piperazine rings is 1. The predicted molar refractivity (Wildman–Crippen MR) is 129 cm³/mol. The van der Waals surface area contributed by atoms with Crippen LogP contribution in [0.4, 0.5) is 4.79 Å². The molecule has 0 atom stereocenters. The van der Waals surface area contributed by atoms with Gasteiger partial charge in [-0.1, -0.05) is 38.8 Å². The van der Waals surface area contributed by atoms with Gasteiger partial charge in [0, 0.05) is 39.3 Å². The predicted octanol–water partition coefficient (Wildman–Crippen LogP) is 4.28. The van der Waals surface area contributed by atoms with Gasteiger partial charge in [0.1, 0.15) is 5.75 Å². The Labute approximate surface area is 194 Å². The first-order chi connectivity index (χ1) is 15.6. The molecule has 180 valence electrons. The van der Waals surface area contributed by atoms with Crippen molar-refractivity contribution in [3.63, 3.8) is 0 Å². The van der Waals surface area contributed by atoms with Gasteiger partial charge in [-0.2, -0.15) is 0 Å². The Hall–Kier alpha value is -1.79. The van der Waals surface area contributed by atoms with Gasteiger partial charge in [-0.15, -0.1) is 0 Å². The molecule has 1 aromatic carbocycles. The lowest BCUT2D eigenvalue weighted by molar-refractivity contribution is 0.0693. The highest BCUT2D eigenvalue weighted by atomic mass is 16.6.